The Morgan fingerprint density at radius 2 is 1.84 bits per heavy atom. The minimum atomic E-state index is -0.369. The second-order valence-electron chi connectivity index (χ2n) is 7.26. The number of rotatable bonds is 6. The number of nitrogen functional groups attached to an aromatic ring is 1. The fourth-order valence-corrected chi connectivity index (χ4v) is 4.86. The van der Waals surface area contributed by atoms with Crippen molar-refractivity contribution in [3.8, 4) is 26.9 Å². The molecule has 4 rings (SSSR count). The number of thiazole rings is 2. The Bertz CT molecular complexity index is 1210. The third-order valence-electron chi connectivity index (χ3n) is 4.60. The van der Waals surface area contributed by atoms with Crippen molar-refractivity contribution in [3.05, 3.63) is 59.5 Å². The van der Waals surface area contributed by atoms with E-state index in [2.05, 4.69) is 36.3 Å². The van der Waals surface area contributed by atoms with Gasteiger partial charge in [0.15, 0.2) is 5.13 Å². The number of esters is 1. The number of nitrogens with one attached hydrogen (secondary N) is 1. The number of aromatic nitrogens is 2. The number of hydrogen-bond acceptors (Lipinski definition) is 8. The number of carbonyl (C=O) groups excluding carboxylic acids is 1. The highest BCUT2D eigenvalue weighted by Crippen LogP contribution is 2.40. The van der Waals surface area contributed by atoms with Gasteiger partial charge in [-0.2, -0.15) is 0 Å². The standard InChI is InChI=1S/C23H22N4O2S2/c1-13(2)15-8-10-16(11-9-15)25-23-27-21(24)20(31-23)22-26-18(12-30-22)17-6-4-5-7-19(17)29-14(3)28/h4-13H,24H2,1-3H3,(H,25,27). The first-order valence-electron chi connectivity index (χ1n) is 9.77. The molecule has 2 aromatic carbocycles. The fourth-order valence-electron chi connectivity index (χ4n) is 3.04. The largest absolute Gasteiger partial charge is 0.426 e. The van der Waals surface area contributed by atoms with Crippen molar-refractivity contribution in [1.82, 2.24) is 9.97 Å². The average molecular weight is 451 g/mol. The minimum Gasteiger partial charge on any atom is -0.426 e. The molecule has 0 bridgehead atoms. The number of nitrogens with two attached hydrogens (primary N) is 1. The molecule has 2 heterocycles. The predicted molar refractivity (Wildman–Crippen MR) is 128 cm³/mol. The number of anilines is 3. The SMILES string of the molecule is CC(=O)Oc1ccccc1-c1csc(-c2sc(Nc3ccc(C(C)C)cc3)nc2N)n1. The molecule has 0 spiro atoms. The number of para-hydroxylation sites is 1. The van der Waals surface area contributed by atoms with Gasteiger partial charge in [0.1, 0.15) is 21.5 Å². The monoisotopic (exact) mass is 450 g/mol. The lowest BCUT2D eigenvalue weighted by molar-refractivity contribution is -0.131. The van der Waals surface area contributed by atoms with Gasteiger partial charge >= 0.3 is 5.97 Å². The first-order valence-corrected chi connectivity index (χ1v) is 11.5. The molecule has 2 aromatic heterocycles. The quantitative estimate of drug-likeness (QED) is 0.264. The Kier molecular flexibility index (Phi) is 6.01. The van der Waals surface area contributed by atoms with Crippen molar-refractivity contribution in [1.29, 1.82) is 0 Å². The average Bonchev–Trinajstić information content (AvgIpc) is 3.35. The summed E-state index contributed by atoms with van der Waals surface area (Å²) in [6, 6.07) is 15.6. The van der Waals surface area contributed by atoms with Gasteiger partial charge in [-0.25, -0.2) is 9.97 Å². The minimum absolute atomic E-state index is 0.369. The molecule has 4 aromatic rings. The summed E-state index contributed by atoms with van der Waals surface area (Å²) in [5.41, 5.74) is 9.92. The zero-order valence-electron chi connectivity index (χ0n) is 17.4. The molecule has 0 aliphatic carbocycles. The van der Waals surface area contributed by atoms with Crippen molar-refractivity contribution < 1.29 is 9.53 Å². The summed E-state index contributed by atoms with van der Waals surface area (Å²) in [5.74, 6) is 1.03. The molecular weight excluding hydrogens is 428 g/mol. The smallest absolute Gasteiger partial charge is 0.308 e. The zero-order valence-corrected chi connectivity index (χ0v) is 19.0. The third-order valence-corrected chi connectivity index (χ3v) is 6.58. The van der Waals surface area contributed by atoms with E-state index in [1.54, 1.807) is 6.07 Å². The van der Waals surface area contributed by atoms with E-state index >= 15 is 0 Å². The van der Waals surface area contributed by atoms with E-state index in [1.165, 1.54) is 35.2 Å². The molecule has 6 nitrogen and oxygen atoms in total. The molecule has 31 heavy (non-hydrogen) atoms. The fraction of sp³-hybridized carbons (Fsp3) is 0.174. The Hall–Kier alpha value is -3.23. The predicted octanol–water partition coefficient (Wildman–Crippen LogP) is 6.31. The summed E-state index contributed by atoms with van der Waals surface area (Å²) in [6.07, 6.45) is 0. The van der Waals surface area contributed by atoms with Crippen molar-refractivity contribution in [2.45, 2.75) is 26.7 Å². The van der Waals surface area contributed by atoms with E-state index in [9.17, 15) is 4.79 Å². The van der Waals surface area contributed by atoms with Crippen LogP contribution in [0.3, 0.4) is 0 Å². The molecule has 0 saturated heterocycles. The normalized spacial score (nSPS) is 11.0. The van der Waals surface area contributed by atoms with Gasteiger partial charge in [-0.05, 0) is 35.7 Å². The van der Waals surface area contributed by atoms with Crippen molar-refractivity contribution >= 4 is 45.3 Å². The third kappa shape index (κ3) is 4.76. The van der Waals surface area contributed by atoms with E-state index in [-0.39, 0.29) is 5.97 Å². The topological polar surface area (TPSA) is 90.1 Å². The first kappa shape index (κ1) is 21.0. The van der Waals surface area contributed by atoms with Crippen LogP contribution in [0.4, 0.5) is 16.6 Å². The number of carbonyl (C=O) groups is 1. The van der Waals surface area contributed by atoms with E-state index < -0.39 is 0 Å². The molecule has 3 N–H and O–H groups in total. The van der Waals surface area contributed by atoms with E-state index in [0.29, 0.717) is 22.6 Å². The van der Waals surface area contributed by atoms with Gasteiger partial charge in [-0.3, -0.25) is 4.79 Å². The number of hydrogen-bond donors (Lipinski definition) is 2. The maximum absolute atomic E-state index is 11.4. The van der Waals surface area contributed by atoms with Crippen LogP contribution in [0, 0.1) is 0 Å². The molecule has 158 valence electrons. The molecule has 0 aliphatic rings. The van der Waals surface area contributed by atoms with Crippen molar-refractivity contribution in [3.63, 3.8) is 0 Å². The summed E-state index contributed by atoms with van der Waals surface area (Å²) in [4.78, 5) is 21.4. The summed E-state index contributed by atoms with van der Waals surface area (Å²) in [7, 11) is 0. The Balaban J connectivity index is 1.58. The van der Waals surface area contributed by atoms with Gasteiger partial charge in [0.25, 0.3) is 0 Å². The van der Waals surface area contributed by atoms with E-state index in [1.807, 2.05) is 35.7 Å². The van der Waals surface area contributed by atoms with Crippen LogP contribution < -0.4 is 15.8 Å². The Morgan fingerprint density at radius 1 is 1.10 bits per heavy atom. The Morgan fingerprint density at radius 3 is 2.55 bits per heavy atom. The van der Waals surface area contributed by atoms with Gasteiger partial charge in [-0.1, -0.05) is 49.4 Å². The molecule has 0 saturated carbocycles. The molecule has 0 amide bonds. The summed E-state index contributed by atoms with van der Waals surface area (Å²) >= 11 is 2.93. The van der Waals surface area contributed by atoms with E-state index in [0.717, 1.165) is 26.8 Å². The van der Waals surface area contributed by atoms with Gasteiger partial charge in [0.05, 0.1) is 5.69 Å². The van der Waals surface area contributed by atoms with Crippen LogP contribution in [0.25, 0.3) is 21.1 Å². The molecule has 8 heteroatoms. The van der Waals surface area contributed by atoms with Gasteiger partial charge in [0.2, 0.25) is 0 Å². The lowest BCUT2D eigenvalue weighted by Gasteiger charge is -2.07. The van der Waals surface area contributed by atoms with Gasteiger partial charge in [0, 0.05) is 23.6 Å². The Labute approximate surface area is 188 Å². The van der Waals surface area contributed by atoms with Crippen LogP contribution in [-0.2, 0) is 4.79 Å². The van der Waals surface area contributed by atoms with Crippen molar-refractivity contribution in [2.75, 3.05) is 11.1 Å². The number of benzene rings is 2. The molecule has 0 aliphatic heterocycles. The first-order chi connectivity index (χ1) is 14.9. The lowest BCUT2D eigenvalue weighted by Crippen LogP contribution is -2.02. The molecule has 0 unspecified atom stereocenters. The molecule has 0 radical (unpaired) electrons. The second kappa shape index (κ2) is 8.87. The molecule has 0 atom stereocenters. The van der Waals surface area contributed by atoms with Crippen LogP contribution in [0.2, 0.25) is 0 Å². The van der Waals surface area contributed by atoms with Crippen LogP contribution in [-0.4, -0.2) is 15.9 Å². The zero-order chi connectivity index (χ0) is 22.0. The maximum Gasteiger partial charge on any atom is 0.308 e. The molecular formula is C23H22N4O2S2. The van der Waals surface area contributed by atoms with Crippen LogP contribution in [0.5, 0.6) is 5.75 Å². The number of nitrogens with zero attached hydrogens (tertiary/aromatic N) is 2. The second-order valence-corrected chi connectivity index (χ2v) is 9.12. The van der Waals surface area contributed by atoms with Gasteiger partial charge in [-0.15, -0.1) is 11.3 Å². The summed E-state index contributed by atoms with van der Waals surface area (Å²) in [6.45, 7) is 5.72. The van der Waals surface area contributed by atoms with Crippen LogP contribution in [0.15, 0.2) is 53.9 Å². The van der Waals surface area contributed by atoms with Crippen LogP contribution >= 0.6 is 22.7 Å². The van der Waals surface area contributed by atoms with Gasteiger partial charge < -0.3 is 15.8 Å². The summed E-state index contributed by atoms with van der Waals surface area (Å²) in [5, 5.41) is 6.72. The highest BCUT2D eigenvalue weighted by atomic mass is 32.1. The molecule has 0 fully saturated rings. The highest BCUT2D eigenvalue weighted by molar-refractivity contribution is 7.23. The van der Waals surface area contributed by atoms with E-state index in [4.69, 9.17) is 15.5 Å². The maximum atomic E-state index is 11.4. The number of ether oxygens (including phenoxy) is 1. The lowest BCUT2D eigenvalue weighted by atomic mass is 10.0. The summed E-state index contributed by atoms with van der Waals surface area (Å²) < 4.78 is 5.31. The van der Waals surface area contributed by atoms with Crippen LogP contribution in [0.1, 0.15) is 32.3 Å². The highest BCUT2D eigenvalue weighted by Gasteiger charge is 2.17. The van der Waals surface area contributed by atoms with Crippen molar-refractivity contribution in [2.24, 2.45) is 0 Å².